The van der Waals surface area contributed by atoms with E-state index in [1.54, 1.807) is 6.07 Å². The van der Waals surface area contributed by atoms with Crippen LogP contribution in [0.5, 0.6) is 5.75 Å². The molecule has 0 aliphatic carbocycles. The third-order valence-electron chi connectivity index (χ3n) is 5.72. The van der Waals surface area contributed by atoms with Gasteiger partial charge in [-0.05, 0) is 54.3 Å². The van der Waals surface area contributed by atoms with Crippen LogP contribution >= 0.6 is 0 Å². The van der Waals surface area contributed by atoms with Gasteiger partial charge in [-0.3, -0.25) is 0 Å². The van der Waals surface area contributed by atoms with E-state index in [-0.39, 0.29) is 11.4 Å². The summed E-state index contributed by atoms with van der Waals surface area (Å²) >= 11 is 0. The maximum atomic E-state index is 11.8. The minimum absolute atomic E-state index is 0.0718. The lowest BCUT2D eigenvalue weighted by Gasteiger charge is -2.18. The molecule has 0 spiro atoms. The van der Waals surface area contributed by atoms with Crippen molar-refractivity contribution in [1.82, 2.24) is 10.3 Å². The van der Waals surface area contributed by atoms with E-state index in [2.05, 4.69) is 50.8 Å². The fourth-order valence-corrected chi connectivity index (χ4v) is 3.87. The van der Waals surface area contributed by atoms with Crippen molar-refractivity contribution in [3.8, 4) is 17.0 Å². The van der Waals surface area contributed by atoms with Crippen LogP contribution in [0.25, 0.3) is 11.3 Å². The van der Waals surface area contributed by atoms with Gasteiger partial charge in [-0.2, -0.15) is 0 Å². The summed E-state index contributed by atoms with van der Waals surface area (Å²) in [6, 6.07) is 18.0. The van der Waals surface area contributed by atoms with Gasteiger partial charge in [0.1, 0.15) is 6.61 Å². The van der Waals surface area contributed by atoms with E-state index < -0.39 is 5.97 Å². The molecule has 0 amide bonds. The number of aryl methyl sites for hydroxylation is 1. The van der Waals surface area contributed by atoms with E-state index >= 15 is 0 Å². The van der Waals surface area contributed by atoms with Crippen molar-refractivity contribution < 1.29 is 14.6 Å². The summed E-state index contributed by atoms with van der Waals surface area (Å²) in [5.41, 5.74) is 6.15. The summed E-state index contributed by atoms with van der Waals surface area (Å²) in [5.74, 6) is -0.823. The molecule has 4 rings (SSSR count). The topological polar surface area (TPSA) is 86.7 Å². The molecule has 2 aromatic carbocycles. The highest BCUT2D eigenvalue weighted by atomic mass is 16.5. The van der Waals surface area contributed by atoms with Crippen LogP contribution in [0, 0.1) is 0 Å². The molecular weight excluding hydrogens is 416 g/mol. The number of aromatic carboxylic acids is 1. The van der Waals surface area contributed by atoms with Gasteiger partial charge in [0.25, 0.3) is 0 Å². The van der Waals surface area contributed by atoms with Crippen molar-refractivity contribution in [2.75, 3.05) is 44.0 Å². The average Bonchev–Trinajstić information content (AvgIpc) is 2.83. The number of pyridine rings is 1. The van der Waals surface area contributed by atoms with Crippen molar-refractivity contribution in [2.45, 2.75) is 19.4 Å². The normalized spacial score (nSPS) is 12.5. The molecule has 0 fully saturated rings. The number of carbonyl (C=O) groups is 1. The molecule has 0 saturated heterocycles. The summed E-state index contributed by atoms with van der Waals surface area (Å²) in [6.07, 6.45) is 2.18. The third kappa shape index (κ3) is 5.62. The minimum Gasteiger partial charge on any atom is -0.490 e. The number of hydrogen-bond acceptors (Lipinski definition) is 6. The first-order valence-electron chi connectivity index (χ1n) is 11.2. The van der Waals surface area contributed by atoms with Crippen molar-refractivity contribution in [3.05, 3.63) is 71.4 Å². The van der Waals surface area contributed by atoms with E-state index in [0.29, 0.717) is 25.4 Å². The number of hydrogen-bond donors (Lipinski definition) is 3. The molecule has 0 unspecified atom stereocenters. The van der Waals surface area contributed by atoms with Gasteiger partial charge in [0.2, 0.25) is 0 Å². The number of carboxylic acids is 1. The zero-order chi connectivity index (χ0) is 23.2. The molecule has 33 heavy (non-hydrogen) atoms. The van der Waals surface area contributed by atoms with Crippen LogP contribution in [0.3, 0.4) is 0 Å². The van der Waals surface area contributed by atoms with E-state index in [1.807, 2.05) is 32.3 Å². The minimum atomic E-state index is -1.10. The van der Waals surface area contributed by atoms with Crippen LogP contribution < -0.4 is 20.3 Å². The lowest BCUT2D eigenvalue weighted by Crippen LogP contribution is -2.21. The molecule has 7 heteroatoms. The summed E-state index contributed by atoms with van der Waals surface area (Å²) < 4.78 is 5.74. The number of anilines is 2. The fourth-order valence-electron chi connectivity index (χ4n) is 3.87. The number of fused-ring (bicyclic) bond motifs is 1. The van der Waals surface area contributed by atoms with Gasteiger partial charge >= 0.3 is 5.97 Å². The maximum Gasteiger partial charge on any atom is 0.358 e. The van der Waals surface area contributed by atoms with Gasteiger partial charge in [0.05, 0.1) is 5.69 Å². The predicted molar refractivity (Wildman–Crippen MR) is 131 cm³/mol. The molecule has 2 heterocycles. The monoisotopic (exact) mass is 446 g/mol. The molecule has 0 atom stereocenters. The van der Waals surface area contributed by atoms with Crippen LogP contribution in [0.4, 0.5) is 11.4 Å². The van der Waals surface area contributed by atoms with Crippen LogP contribution in [-0.4, -0.2) is 49.9 Å². The van der Waals surface area contributed by atoms with Crippen LogP contribution in [0.15, 0.2) is 54.6 Å². The number of benzene rings is 2. The van der Waals surface area contributed by atoms with Crippen LogP contribution in [0.1, 0.15) is 28.0 Å². The van der Waals surface area contributed by atoms with Gasteiger partial charge in [-0.25, -0.2) is 9.78 Å². The van der Waals surface area contributed by atoms with Gasteiger partial charge in [0, 0.05) is 50.7 Å². The zero-order valence-corrected chi connectivity index (χ0v) is 19.1. The van der Waals surface area contributed by atoms with Crippen molar-refractivity contribution in [1.29, 1.82) is 0 Å². The largest absolute Gasteiger partial charge is 0.490 e. The molecule has 3 N–H and O–H groups in total. The van der Waals surface area contributed by atoms with Crippen LogP contribution in [-0.2, 0) is 13.0 Å². The number of carboxylic acid groups (broad SMARTS) is 1. The molecule has 3 aromatic rings. The molecule has 1 aliphatic heterocycles. The first kappa shape index (κ1) is 22.6. The molecule has 0 radical (unpaired) electrons. The first-order chi connectivity index (χ1) is 16.0. The summed E-state index contributed by atoms with van der Waals surface area (Å²) in [5, 5.41) is 16.4. The molecule has 0 saturated carbocycles. The van der Waals surface area contributed by atoms with Gasteiger partial charge in [-0.1, -0.05) is 24.3 Å². The van der Waals surface area contributed by atoms with E-state index in [1.165, 1.54) is 11.1 Å². The quantitative estimate of drug-likeness (QED) is 0.428. The highest BCUT2D eigenvalue weighted by molar-refractivity contribution is 5.89. The molecular formula is C26H30N4O3. The lowest BCUT2D eigenvalue weighted by atomic mass is 10.00. The molecule has 7 nitrogen and oxygen atoms in total. The first-order valence-corrected chi connectivity index (χ1v) is 11.2. The van der Waals surface area contributed by atoms with Crippen molar-refractivity contribution >= 4 is 17.3 Å². The summed E-state index contributed by atoms with van der Waals surface area (Å²) in [4.78, 5) is 18.3. The summed E-state index contributed by atoms with van der Waals surface area (Å²) in [7, 11) is 4.03. The van der Waals surface area contributed by atoms with Crippen molar-refractivity contribution in [2.24, 2.45) is 0 Å². The predicted octanol–water partition coefficient (Wildman–Crippen LogP) is 4.04. The Kier molecular flexibility index (Phi) is 7.10. The second kappa shape index (κ2) is 10.4. The van der Waals surface area contributed by atoms with Gasteiger partial charge < -0.3 is 25.4 Å². The van der Waals surface area contributed by atoms with Crippen LogP contribution in [0.2, 0.25) is 0 Å². The molecule has 172 valence electrons. The van der Waals surface area contributed by atoms with Gasteiger partial charge in [0.15, 0.2) is 11.4 Å². The Morgan fingerprint density at radius 3 is 2.73 bits per heavy atom. The number of aromatic nitrogens is 1. The van der Waals surface area contributed by atoms with E-state index in [4.69, 9.17) is 4.74 Å². The molecule has 1 aliphatic rings. The van der Waals surface area contributed by atoms with Gasteiger partial charge in [-0.15, -0.1) is 0 Å². The Balaban J connectivity index is 1.35. The average molecular weight is 447 g/mol. The summed E-state index contributed by atoms with van der Waals surface area (Å²) in [6.45, 7) is 2.60. The number of ether oxygens (including phenoxy) is 1. The fraction of sp³-hybridized carbons (Fsp3) is 0.308. The number of nitrogens with zero attached hydrogens (tertiary/aromatic N) is 2. The second-order valence-electron chi connectivity index (χ2n) is 8.34. The van der Waals surface area contributed by atoms with E-state index in [9.17, 15) is 9.90 Å². The third-order valence-corrected chi connectivity index (χ3v) is 5.72. The standard InChI is InChI=1S/C26H30N4O3/c1-30(2)21-9-5-18(6-10-21)17-27-14-15-33-24-12-11-22(29-25(24)26(31)32)20-8-7-19-4-3-13-28-23(19)16-20/h5-12,16,27-28H,3-4,13-15,17H2,1-2H3,(H,31,32). The second-order valence-corrected chi connectivity index (χ2v) is 8.34. The zero-order valence-electron chi connectivity index (χ0n) is 19.1. The SMILES string of the molecule is CN(C)c1ccc(CNCCOc2ccc(-c3ccc4c(c3)NCCC4)nc2C(=O)O)cc1. The Morgan fingerprint density at radius 2 is 1.97 bits per heavy atom. The lowest BCUT2D eigenvalue weighted by molar-refractivity contribution is 0.0685. The van der Waals surface area contributed by atoms with Crippen molar-refractivity contribution in [3.63, 3.8) is 0 Å². The Morgan fingerprint density at radius 1 is 1.15 bits per heavy atom. The van der Waals surface area contributed by atoms with E-state index in [0.717, 1.165) is 36.3 Å². The Labute approximate surface area is 194 Å². The molecule has 0 bridgehead atoms. The smallest absolute Gasteiger partial charge is 0.358 e. The highest BCUT2D eigenvalue weighted by Crippen LogP contribution is 2.29. The number of rotatable bonds is 9. The highest BCUT2D eigenvalue weighted by Gasteiger charge is 2.16. The Hall–Kier alpha value is -3.58. The number of nitrogens with one attached hydrogen (secondary N) is 2. The molecule has 1 aromatic heterocycles. The maximum absolute atomic E-state index is 11.8. The Bertz CT molecular complexity index is 1110.